The molecule has 176 valence electrons. The highest BCUT2D eigenvalue weighted by Crippen LogP contribution is 2.26. The Labute approximate surface area is 189 Å². The lowest BCUT2D eigenvalue weighted by Crippen LogP contribution is -2.55. The number of rotatable bonds is 8. The third kappa shape index (κ3) is 8.10. The van der Waals surface area contributed by atoms with Crippen molar-refractivity contribution in [2.75, 3.05) is 6.54 Å². The molecule has 0 aromatic heterocycles. The highest BCUT2D eigenvalue weighted by atomic mass is 16.6. The fraction of sp³-hybridized carbons (Fsp3) is 0.565. The molecular weight excluding hydrogens is 412 g/mol. The smallest absolute Gasteiger partial charge is 0.408 e. The number of nitrogens with one attached hydrogen (secondary N) is 2. The van der Waals surface area contributed by atoms with Crippen molar-refractivity contribution in [2.45, 2.75) is 72.2 Å². The van der Waals surface area contributed by atoms with Crippen LogP contribution in [-0.4, -0.2) is 52.1 Å². The molecule has 9 heteroatoms. The molecule has 0 bridgehead atoms. The van der Waals surface area contributed by atoms with Crippen LogP contribution in [0.5, 0.6) is 5.75 Å². The number of amides is 3. The standard InChI is InChI=1S/C23H34N4O5/c1-14(2)18(26-22(31)32-23(5,6)7)21(30)27(12-11-24)19(20(29)25-15(3)4)16-9-8-10-17(28)13-16/h8-10,13-15,18-19,28H,12H2,1-7H3,(H,25,29)(H,26,31). The fourth-order valence-electron chi connectivity index (χ4n) is 3.03. The maximum absolute atomic E-state index is 13.5. The van der Waals surface area contributed by atoms with Crippen molar-refractivity contribution >= 4 is 17.9 Å². The zero-order chi connectivity index (χ0) is 24.6. The molecule has 2 unspecified atom stereocenters. The molecule has 0 spiro atoms. The Morgan fingerprint density at radius 2 is 1.78 bits per heavy atom. The molecule has 0 fully saturated rings. The number of nitriles is 1. The Morgan fingerprint density at radius 1 is 1.16 bits per heavy atom. The van der Waals surface area contributed by atoms with Gasteiger partial charge in [0.25, 0.3) is 0 Å². The Bertz CT molecular complexity index is 855. The number of phenolic OH excluding ortho intramolecular Hbond substituents is 1. The van der Waals surface area contributed by atoms with Gasteiger partial charge < -0.3 is 25.4 Å². The quantitative estimate of drug-likeness (QED) is 0.526. The van der Waals surface area contributed by atoms with Crippen LogP contribution in [0.3, 0.4) is 0 Å². The second kappa shape index (κ2) is 11.4. The van der Waals surface area contributed by atoms with E-state index in [1.807, 2.05) is 6.07 Å². The predicted molar refractivity (Wildman–Crippen MR) is 119 cm³/mol. The molecule has 2 atom stereocenters. The number of alkyl carbamates (subject to hydrolysis) is 1. The second-order valence-electron chi connectivity index (χ2n) is 9.15. The van der Waals surface area contributed by atoms with Crippen molar-refractivity contribution in [3.8, 4) is 11.8 Å². The largest absolute Gasteiger partial charge is 0.508 e. The molecule has 0 aliphatic rings. The third-order valence-corrected chi connectivity index (χ3v) is 4.31. The third-order valence-electron chi connectivity index (χ3n) is 4.31. The number of nitrogens with zero attached hydrogens (tertiary/aromatic N) is 2. The number of carbonyl (C=O) groups excluding carboxylic acids is 3. The number of phenols is 1. The highest BCUT2D eigenvalue weighted by molar-refractivity contribution is 5.92. The lowest BCUT2D eigenvalue weighted by Gasteiger charge is -2.34. The number of aromatic hydroxyl groups is 1. The van der Waals surface area contributed by atoms with E-state index in [9.17, 15) is 24.8 Å². The Hall–Kier alpha value is -3.28. The van der Waals surface area contributed by atoms with Crippen LogP contribution in [0, 0.1) is 17.2 Å². The van der Waals surface area contributed by atoms with E-state index in [2.05, 4.69) is 10.6 Å². The van der Waals surface area contributed by atoms with Gasteiger partial charge in [0.1, 0.15) is 30.0 Å². The molecule has 0 radical (unpaired) electrons. The van der Waals surface area contributed by atoms with Gasteiger partial charge >= 0.3 is 6.09 Å². The summed E-state index contributed by atoms with van der Waals surface area (Å²) in [6.45, 7) is 11.7. The van der Waals surface area contributed by atoms with Crippen LogP contribution in [0.15, 0.2) is 24.3 Å². The number of benzene rings is 1. The summed E-state index contributed by atoms with van der Waals surface area (Å²) in [7, 11) is 0. The van der Waals surface area contributed by atoms with Crippen molar-refractivity contribution in [3.63, 3.8) is 0 Å². The normalized spacial score (nSPS) is 13.1. The van der Waals surface area contributed by atoms with Gasteiger partial charge in [0, 0.05) is 6.04 Å². The van der Waals surface area contributed by atoms with Gasteiger partial charge in [-0.15, -0.1) is 0 Å². The SMILES string of the molecule is CC(C)NC(=O)C(c1cccc(O)c1)N(CC#N)C(=O)C(NC(=O)OC(C)(C)C)C(C)C. The van der Waals surface area contributed by atoms with E-state index < -0.39 is 42.1 Å². The molecule has 1 rings (SSSR count). The summed E-state index contributed by atoms with van der Waals surface area (Å²) in [5, 5.41) is 24.7. The maximum atomic E-state index is 13.5. The molecule has 0 saturated carbocycles. The summed E-state index contributed by atoms with van der Waals surface area (Å²) in [6.07, 6.45) is -0.776. The second-order valence-corrected chi connectivity index (χ2v) is 9.15. The molecular formula is C23H34N4O5. The Morgan fingerprint density at radius 3 is 2.25 bits per heavy atom. The number of ether oxygens (including phenoxy) is 1. The number of hydrogen-bond acceptors (Lipinski definition) is 6. The topological polar surface area (TPSA) is 132 Å². The van der Waals surface area contributed by atoms with Gasteiger partial charge in [-0.3, -0.25) is 9.59 Å². The summed E-state index contributed by atoms with van der Waals surface area (Å²) < 4.78 is 5.27. The minimum Gasteiger partial charge on any atom is -0.508 e. The highest BCUT2D eigenvalue weighted by Gasteiger charge is 2.37. The van der Waals surface area contributed by atoms with E-state index in [1.165, 1.54) is 12.1 Å². The van der Waals surface area contributed by atoms with Gasteiger partial charge in [0.05, 0.1) is 6.07 Å². The van der Waals surface area contributed by atoms with Gasteiger partial charge in [-0.05, 0) is 58.2 Å². The van der Waals surface area contributed by atoms with Crippen LogP contribution in [0.25, 0.3) is 0 Å². The van der Waals surface area contributed by atoms with Crippen LogP contribution in [0.4, 0.5) is 4.79 Å². The first-order chi connectivity index (χ1) is 14.8. The summed E-state index contributed by atoms with van der Waals surface area (Å²) in [6, 6.07) is 5.44. The lowest BCUT2D eigenvalue weighted by atomic mass is 9.98. The predicted octanol–water partition coefficient (Wildman–Crippen LogP) is 2.86. The summed E-state index contributed by atoms with van der Waals surface area (Å²) in [5.41, 5.74) is -0.422. The van der Waals surface area contributed by atoms with E-state index in [-0.39, 0.29) is 17.7 Å². The average molecular weight is 447 g/mol. The minimum absolute atomic E-state index is 0.0820. The number of carbonyl (C=O) groups is 3. The zero-order valence-corrected chi connectivity index (χ0v) is 19.8. The van der Waals surface area contributed by atoms with Crippen molar-refractivity contribution in [1.29, 1.82) is 5.26 Å². The van der Waals surface area contributed by atoms with Crippen molar-refractivity contribution in [2.24, 2.45) is 5.92 Å². The molecule has 1 aromatic carbocycles. The maximum Gasteiger partial charge on any atom is 0.408 e. The summed E-state index contributed by atoms with van der Waals surface area (Å²) in [4.78, 5) is 40.1. The molecule has 0 heterocycles. The summed E-state index contributed by atoms with van der Waals surface area (Å²) >= 11 is 0. The van der Waals surface area contributed by atoms with Crippen LogP contribution in [0.2, 0.25) is 0 Å². The molecule has 0 aliphatic heterocycles. The van der Waals surface area contributed by atoms with Crippen LogP contribution in [0.1, 0.15) is 60.1 Å². The molecule has 0 aliphatic carbocycles. The first-order valence-electron chi connectivity index (χ1n) is 10.5. The first-order valence-corrected chi connectivity index (χ1v) is 10.5. The van der Waals surface area contributed by atoms with Crippen LogP contribution in [-0.2, 0) is 14.3 Å². The van der Waals surface area contributed by atoms with E-state index in [0.717, 1.165) is 4.90 Å². The van der Waals surface area contributed by atoms with Crippen molar-refractivity contribution < 1.29 is 24.2 Å². The van der Waals surface area contributed by atoms with Crippen LogP contribution >= 0.6 is 0 Å². The molecule has 3 N–H and O–H groups in total. The summed E-state index contributed by atoms with van der Waals surface area (Å²) in [5.74, 6) is -1.55. The van der Waals surface area contributed by atoms with Crippen LogP contribution < -0.4 is 10.6 Å². The number of hydrogen-bond donors (Lipinski definition) is 3. The molecule has 9 nitrogen and oxygen atoms in total. The minimum atomic E-state index is -1.18. The molecule has 1 aromatic rings. The van der Waals surface area contributed by atoms with E-state index in [0.29, 0.717) is 5.56 Å². The monoisotopic (exact) mass is 446 g/mol. The van der Waals surface area contributed by atoms with E-state index >= 15 is 0 Å². The van der Waals surface area contributed by atoms with E-state index in [1.54, 1.807) is 60.6 Å². The van der Waals surface area contributed by atoms with E-state index in [4.69, 9.17) is 4.74 Å². The van der Waals surface area contributed by atoms with Crippen molar-refractivity contribution in [3.05, 3.63) is 29.8 Å². The lowest BCUT2D eigenvalue weighted by molar-refractivity contribution is -0.142. The first kappa shape index (κ1) is 26.8. The Balaban J connectivity index is 3.40. The van der Waals surface area contributed by atoms with Gasteiger partial charge in [-0.1, -0.05) is 26.0 Å². The van der Waals surface area contributed by atoms with Crippen molar-refractivity contribution in [1.82, 2.24) is 15.5 Å². The fourth-order valence-corrected chi connectivity index (χ4v) is 3.03. The van der Waals surface area contributed by atoms with Gasteiger partial charge in [-0.25, -0.2) is 4.79 Å². The Kier molecular flexibility index (Phi) is 9.51. The average Bonchev–Trinajstić information content (AvgIpc) is 2.63. The molecule has 3 amide bonds. The van der Waals surface area contributed by atoms with Gasteiger partial charge in [0.2, 0.25) is 11.8 Å². The van der Waals surface area contributed by atoms with Gasteiger partial charge in [0.15, 0.2) is 0 Å². The van der Waals surface area contributed by atoms with Gasteiger partial charge in [-0.2, -0.15) is 5.26 Å². The molecule has 32 heavy (non-hydrogen) atoms. The molecule has 0 saturated heterocycles. The zero-order valence-electron chi connectivity index (χ0n) is 19.8.